The summed E-state index contributed by atoms with van der Waals surface area (Å²) in [6.45, 7) is 2.82. The lowest BCUT2D eigenvalue weighted by Crippen LogP contribution is -2.35. The Morgan fingerprint density at radius 2 is 1.72 bits per heavy atom. The van der Waals surface area contributed by atoms with Crippen molar-refractivity contribution in [1.82, 2.24) is 10.2 Å². The third-order valence-electron chi connectivity index (χ3n) is 4.99. The topological polar surface area (TPSA) is 55.0 Å². The predicted octanol–water partition coefficient (Wildman–Crippen LogP) is 3.66. The van der Waals surface area contributed by atoms with Gasteiger partial charge < -0.3 is 29.7 Å². The molecule has 2 N–H and O–H groups in total. The van der Waals surface area contributed by atoms with Crippen LogP contribution in [0, 0.1) is 0 Å². The van der Waals surface area contributed by atoms with Crippen LogP contribution in [-0.4, -0.2) is 50.5 Å². The number of ether oxygens (including phenoxy) is 3. The molecule has 0 bridgehead atoms. The molecule has 1 aliphatic heterocycles. The van der Waals surface area contributed by atoms with E-state index in [4.69, 9.17) is 26.4 Å². The molecule has 1 heterocycles. The van der Waals surface area contributed by atoms with E-state index < -0.39 is 0 Å². The third kappa shape index (κ3) is 6.24. The van der Waals surface area contributed by atoms with Crippen molar-refractivity contribution < 1.29 is 14.2 Å². The summed E-state index contributed by atoms with van der Waals surface area (Å²) in [6.07, 6.45) is 2.47. The van der Waals surface area contributed by atoms with Gasteiger partial charge in [-0.15, -0.1) is 0 Å². The second-order valence-corrected chi connectivity index (χ2v) is 7.55. The van der Waals surface area contributed by atoms with Crippen LogP contribution in [0.15, 0.2) is 42.5 Å². The number of thiocarbonyl (C=S) groups is 1. The molecular weight excluding hydrogens is 386 g/mol. The number of anilines is 1. The Balaban J connectivity index is 1.46. The number of hydrogen-bond acceptors (Lipinski definition) is 5. The summed E-state index contributed by atoms with van der Waals surface area (Å²) in [6, 6.07) is 13.8. The molecule has 0 amide bonds. The molecule has 0 unspecified atom stereocenters. The normalized spacial score (nSPS) is 14.9. The quantitative estimate of drug-likeness (QED) is 0.669. The largest absolute Gasteiger partial charge is 0.493 e. The molecule has 6 nitrogen and oxygen atoms in total. The molecule has 0 spiro atoms. The monoisotopic (exact) mass is 415 g/mol. The summed E-state index contributed by atoms with van der Waals surface area (Å²) in [5.41, 5.74) is 1.97. The van der Waals surface area contributed by atoms with Crippen LogP contribution in [0.2, 0.25) is 0 Å². The van der Waals surface area contributed by atoms with Gasteiger partial charge in [0.25, 0.3) is 0 Å². The predicted molar refractivity (Wildman–Crippen MR) is 120 cm³/mol. The Labute approximate surface area is 178 Å². The third-order valence-corrected chi connectivity index (χ3v) is 5.23. The number of likely N-dealkylation sites (tertiary alicyclic amines) is 1. The maximum Gasteiger partial charge on any atom is 0.171 e. The zero-order valence-electron chi connectivity index (χ0n) is 17.2. The summed E-state index contributed by atoms with van der Waals surface area (Å²) < 4.78 is 16.7. The molecule has 156 valence electrons. The lowest BCUT2D eigenvalue weighted by molar-refractivity contribution is 0.114. The van der Waals surface area contributed by atoms with Crippen LogP contribution in [-0.2, 0) is 6.54 Å². The van der Waals surface area contributed by atoms with Gasteiger partial charge in [-0.3, -0.25) is 0 Å². The van der Waals surface area contributed by atoms with Crippen LogP contribution in [0.3, 0.4) is 0 Å². The Morgan fingerprint density at radius 3 is 2.38 bits per heavy atom. The lowest BCUT2D eigenvalue weighted by atomic mass is 10.1. The van der Waals surface area contributed by atoms with Crippen LogP contribution in [0.4, 0.5) is 5.69 Å². The minimum atomic E-state index is 0.313. The average Bonchev–Trinajstić information content (AvgIpc) is 2.74. The van der Waals surface area contributed by atoms with E-state index in [2.05, 4.69) is 34.7 Å². The second kappa shape index (κ2) is 10.3. The van der Waals surface area contributed by atoms with Gasteiger partial charge in [0, 0.05) is 31.4 Å². The molecule has 0 saturated carbocycles. The van der Waals surface area contributed by atoms with E-state index in [-0.39, 0.29) is 0 Å². The highest BCUT2D eigenvalue weighted by atomic mass is 32.1. The molecule has 0 atom stereocenters. The zero-order valence-corrected chi connectivity index (χ0v) is 18.1. The van der Waals surface area contributed by atoms with Gasteiger partial charge in [0.15, 0.2) is 16.6 Å². The van der Waals surface area contributed by atoms with Crippen LogP contribution < -0.4 is 24.8 Å². The molecule has 0 aliphatic carbocycles. The maximum absolute atomic E-state index is 6.10. The first-order valence-corrected chi connectivity index (χ1v) is 10.2. The molecule has 1 aliphatic rings. The SMILES string of the molecule is COc1ccc(NC(=S)NCc2ccc(OC3CCN(C)CC3)cc2)cc1OC. The van der Waals surface area contributed by atoms with Crippen molar-refractivity contribution in [1.29, 1.82) is 0 Å². The smallest absolute Gasteiger partial charge is 0.171 e. The molecular formula is C22H29N3O3S. The fourth-order valence-corrected chi connectivity index (χ4v) is 3.44. The summed E-state index contributed by atoms with van der Waals surface area (Å²) in [7, 11) is 5.38. The van der Waals surface area contributed by atoms with E-state index >= 15 is 0 Å². The van der Waals surface area contributed by atoms with E-state index in [0.29, 0.717) is 29.3 Å². The van der Waals surface area contributed by atoms with Crippen molar-refractivity contribution in [2.24, 2.45) is 0 Å². The first-order chi connectivity index (χ1) is 14.1. The van der Waals surface area contributed by atoms with Gasteiger partial charge in [-0.1, -0.05) is 12.1 Å². The minimum Gasteiger partial charge on any atom is -0.493 e. The molecule has 1 fully saturated rings. The summed E-state index contributed by atoms with van der Waals surface area (Å²) in [5.74, 6) is 2.26. The summed E-state index contributed by atoms with van der Waals surface area (Å²) in [5, 5.41) is 6.93. The van der Waals surface area contributed by atoms with Crippen LogP contribution in [0.5, 0.6) is 17.2 Å². The highest BCUT2D eigenvalue weighted by molar-refractivity contribution is 7.80. The van der Waals surface area contributed by atoms with E-state index in [1.54, 1.807) is 14.2 Å². The molecule has 2 aromatic carbocycles. The van der Waals surface area contributed by atoms with Crippen molar-refractivity contribution in [3.05, 3.63) is 48.0 Å². The maximum atomic E-state index is 6.10. The van der Waals surface area contributed by atoms with Gasteiger partial charge in [0.2, 0.25) is 0 Å². The van der Waals surface area contributed by atoms with Gasteiger partial charge in [-0.25, -0.2) is 0 Å². The van der Waals surface area contributed by atoms with Crippen molar-refractivity contribution in [2.75, 3.05) is 39.7 Å². The first-order valence-electron chi connectivity index (χ1n) is 9.78. The standard InChI is InChI=1S/C22H29N3O3S/c1-25-12-10-19(11-13-25)28-18-7-4-16(5-8-18)15-23-22(29)24-17-6-9-20(26-2)21(14-17)27-3/h4-9,14,19H,10-13,15H2,1-3H3,(H2,23,24,29). The Kier molecular flexibility index (Phi) is 7.55. The number of hydrogen-bond donors (Lipinski definition) is 2. The highest BCUT2D eigenvalue weighted by Crippen LogP contribution is 2.29. The minimum absolute atomic E-state index is 0.313. The van der Waals surface area contributed by atoms with Crippen LogP contribution >= 0.6 is 12.2 Å². The fraction of sp³-hybridized carbons (Fsp3) is 0.409. The van der Waals surface area contributed by atoms with Gasteiger partial charge in [-0.05, 0) is 61.9 Å². The highest BCUT2D eigenvalue weighted by Gasteiger charge is 2.17. The van der Waals surface area contributed by atoms with Crippen LogP contribution in [0.1, 0.15) is 18.4 Å². The molecule has 29 heavy (non-hydrogen) atoms. The fourth-order valence-electron chi connectivity index (χ4n) is 3.25. The number of piperidine rings is 1. The van der Waals surface area contributed by atoms with Gasteiger partial charge in [-0.2, -0.15) is 0 Å². The number of methoxy groups -OCH3 is 2. The molecule has 0 aromatic heterocycles. The lowest BCUT2D eigenvalue weighted by Gasteiger charge is -2.29. The van der Waals surface area contributed by atoms with E-state index in [9.17, 15) is 0 Å². The van der Waals surface area contributed by atoms with E-state index in [1.165, 1.54) is 0 Å². The number of nitrogens with one attached hydrogen (secondary N) is 2. The summed E-state index contributed by atoms with van der Waals surface area (Å²) in [4.78, 5) is 2.34. The van der Waals surface area contributed by atoms with Crippen molar-refractivity contribution in [2.45, 2.75) is 25.5 Å². The number of nitrogens with zero attached hydrogens (tertiary/aromatic N) is 1. The first kappa shape index (κ1) is 21.2. The van der Waals surface area contributed by atoms with Crippen LogP contribution in [0.25, 0.3) is 0 Å². The Morgan fingerprint density at radius 1 is 1.03 bits per heavy atom. The molecule has 7 heteroatoms. The van der Waals surface area contributed by atoms with Gasteiger partial charge in [0.1, 0.15) is 11.9 Å². The van der Waals surface area contributed by atoms with E-state index in [0.717, 1.165) is 42.9 Å². The van der Waals surface area contributed by atoms with E-state index in [1.807, 2.05) is 30.3 Å². The average molecular weight is 416 g/mol. The van der Waals surface area contributed by atoms with Crippen molar-refractivity contribution in [3.8, 4) is 17.2 Å². The number of benzene rings is 2. The van der Waals surface area contributed by atoms with Gasteiger partial charge >= 0.3 is 0 Å². The van der Waals surface area contributed by atoms with Crippen molar-refractivity contribution >= 4 is 23.0 Å². The molecule has 1 saturated heterocycles. The van der Waals surface area contributed by atoms with Crippen molar-refractivity contribution in [3.63, 3.8) is 0 Å². The molecule has 0 radical (unpaired) electrons. The second-order valence-electron chi connectivity index (χ2n) is 7.14. The Bertz CT molecular complexity index is 805. The zero-order chi connectivity index (χ0) is 20.6. The number of rotatable bonds is 7. The Hall–Kier alpha value is -2.51. The molecule has 3 rings (SSSR count). The molecule has 2 aromatic rings. The van der Waals surface area contributed by atoms with Gasteiger partial charge in [0.05, 0.1) is 14.2 Å². The summed E-state index contributed by atoms with van der Waals surface area (Å²) >= 11 is 5.40.